The van der Waals surface area contributed by atoms with Crippen LogP contribution in [0.3, 0.4) is 0 Å². The first-order valence-electron chi connectivity index (χ1n) is 11.6. The standard InChI is InChI=1S/C27H27F3N4O3/c1-5-37-26(36)21-16(4)34(20-8-6-7-19(13-20)27(28,29)30)24(32)23(25(35)33-15(2)3)22(21)18-11-9-17(14-31)10-12-18/h6-13,15,22-23,32H,5H2,1-4H3,(H,33,35). The number of amides is 1. The van der Waals surface area contributed by atoms with Gasteiger partial charge in [-0.05, 0) is 63.6 Å². The smallest absolute Gasteiger partial charge is 0.416 e. The molecule has 2 aromatic rings. The van der Waals surface area contributed by atoms with Crippen molar-refractivity contribution < 1.29 is 27.5 Å². The Bertz CT molecular complexity index is 1280. The number of nitriles is 1. The molecular formula is C27H27F3N4O3. The van der Waals surface area contributed by atoms with E-state index in [0.29, 0.717) is 11.1 Å². The zero-order valence-electron chi connectivity index (χ0n) is 20.8. The molecule has 37 heavy (non-hydrogen) atoms. The molecule has 10 heteroatoms. The number of ether oxygens (including phenoxy) is 1. The minimum atomic E-state index is -4.63. The summed E-state index contributed by atoms with van der Waals surface area (Å²) in [5, 5.41) is 21.0. The molecule has 0 bridgehead atoms. The van der Waals surface area contributed by atoms with E-state index in [2.05, 4.69) is 5.32 Å². The van der Waals surface area contributed by atoms with E-state index in [1.54, 1.807) is 32.9 Å². The third-order valence-electron chi connectivity index (χ3n) is 5.94. The molecule has 1 aliphatic rings. The molecular weight excluding hydrogens is 485 g/mol. The second kappa shape index (κ2) is 10.9. The highest BCUT2D eigenvalue weighted by atomic mass is 19.4. The van der Waals surface area contributed by atoms with Crippen LogP contribution >= 0.6 is 0 Å². The number of esters is 1. The largest absolute Gasteiger partial charge is 0.463 e. The van der Waals surface area contributed by atoms with Crippen molar-refractivity contribution in [3.63, 3.8) is 0 Å². The van der Waals surface area contributed by atoms with Gasteiger partial charge in [-0.25, -0.2) is 4.79 Å². The van der Waals surface area contributed by atoms with Crippen molar-refractivity contribution in [2.24, 2.45) is 5.92 Å². The summed E-state index contributed by atoms with van der Waals surface area (Å²) in [5.41, 5.74) is 0.121. The predicted octanol–water partition coefficient (Wildman–Crippen LogP) is 5.14. The molecule has 0 radical (unpaired) electrons. The van der Waals surface area contributed by atoms with Crippen molar-refractivity contribution in [1.82, 2.24) is 5.32 Å². The van der Waals surface area contributed by atoms with Crippen molar-refractivity contribution in [2.45, 2.75) is 45.8 Å². The number of anilines is 1. The first kappa shape index (κ1) is 27.5. The lowest BCUT2D eigenvalue weighted by atomic mass is 9.75. The van der Waals surface area contributed by atoms with Crippen molar-refractivity contribution in [1.29, 1.82) is 10.7 Å². The molecule has 2 unspecified atom stereocenters. The average molecular weight is 513 g/mol. The molecule has 0 aromatic heterocycles. The first-order chi connectivity index (χ1) is 17.4. The zero-order chi connectivity index (χ0) is 27.5. The fraction of sp³-hybridized carbons (Fsp3) is 0.333. The first-order valence-corrected chi connectivity index (χ1v) is 11.6. The molecule has 0 saturated heterocycles. The number of carbonyl (C=O) groups is 2. The maximum absolute atomic E-state index is 13.5. The zero-order valence-corrected chi connectivity index (χ0v) is 20.8. The fourth-order valence-corrected chi connectivity index (χ4v) is 4.40. The molecule has 7 nitrogen and oxygen atoms in total. The lowest BCUT2D eigenvalue weighted by molar-refractivity contribution is -0.139. The Labute approximate surface area is 213 Å². The van der Waals surface area contributed by atoms with E-state index in [4.69, 9.17) is 10.1 Å². The van der Waals surface area contributed by atoms with E-state index in [1.807, 2.05) is 6.07 Å². The summed E-state index contributed by atoms with van der Waals surface area (Å²) in [4.78, 5) is 27.9. The normalized spacial score (nSPS) is 18.0. The van der Waals surface area contributed by atoms with E-state index in [0.717, 1.165) is 12.1 Å². The highest BCUT2D eigenvalue weighted by Crippen LogP contribution is 2.44. The Hall–Kier alpha value is -4.13. The van der Waals surface area contributed by atoms with Crippen LogP contribution in [-0.4, -0.2) is 30.4 Å². The minimum absolute atomic E-state index is 0.0141. The Kier molecular flexibility index (Phi) is 8.06. The summed E-state index contributed by atoms with van der Waals surface area (Å²) in [6.45, 7) is 6.62. The van der Waals surface area contributed by atoms with Crippen LogP contribution in [0.15, 0.2) is 59.8 Å². The molecule has 1 heterocycles. The molecule has 2 N–H and O–H groups in total. The number of rotatable bonds is 6. The van der Waals surface area contributed by atoms with Crippen molar-refractivity contribution in [3.8, 4) is 6.07 Å². The van der Waals surface area contributed by atoms with Gasteiger partial charge in [0.2, 0.25) is 5.91 Å². The molecule has 3 rings (SSSR count). The SMILES string of the molecule is CCOC(=O)C1=C(C)N(c2cccc(C(F)(F)F)c2)C(=N)C(C(=O)NC(C)C)C1c1ccc(C#N)cc1. The molecule has 194 valence electrons. The topological polar surface area (TPSA) is 106 Å². The van der Waals surface area contributed by atoms with Crippen molar-refractivity contribution in [3.05, 3.63) is 76.5 Å². The maximum atomic E-state index is 13.5. The van der Waals surface area contributed by atoms with Crippen LogP contribution in [0.1, 0.15) is 50.3 Å². The predicted molar refractivity (Wildman–Crippen MR) is 132 cm³/mol. The fourth-order valence-electron chi connectivity index (χ4n) is 4.40. The van der Waals surface area contributed by atoms with Gasteiger partial charge in [-0.15, -0.1) is 0 Å². The van der Waals surface area contributed by atoms with Crippen LogP contribution in [0.2, 0.25) is 0 Å². The average Bonchev–Trinajstić information content (AvgIpc) is 2.83. The van der Waals surface area contributed by atoms with Crippen LogP contribution < -0.4 is 10.2 Å². The summed E-state index contributed by atoms with van der Waals surface area (Å²) >= 11 is 0. The molecule has 0 fully saturated rings. The summed E-state index contributed by atoms with van der Waals surface area (Å²) in [7, 11) is 0. The van der Waals surface area contributed by atoms with E-state index in [9.17, 15) is 28.0 Å². The number of allylic oxidation sites excluding steroid dienone is 1. The Morgan fingerprint density at radius 1 is 1.19 bits per heavy atom. The molecule has 0 saturated carbocycles. The van der Waals surface area contributed by atoms with Gasteiger partial charge in [0.1, 0.15) is 11.8 Å². The van der Waals surface area contributed by atoms with Crippen LogP contribution in [-0.2, 0) is 20.5 Å². The van der Waals surface area contributed by atoms with Crippen LogP contribution in [0, 0.1) is 22.7 Å². The van der Waals surface area contributed by atoms with E-state index >= 15 is 0 Å². The minimum Gasteiger partial charge on any atom is -0.463 e. The number of nitrogens with zero attached hydrogens (tertiary/aromatic N) is 2. The van der Waals surface area contributed by atoms with E-state index < -0.39 is 35.5 Å². The van der Waals surface area contributed by atoms with Gasteiger partial charge in [0.25, 0.3) is 0 Å². The van der Waals surface area contributed by atoms with Gasteiger partial charge in [0, 0.05) is 23.3 Å². The quantitative estimate of drug-likeness (QED) is 0.522. The van der Waals surface area contributed by atoms with Gasteiger partial charge in [-0.2, -0.15) is 18.4 Å². The van der Waals surface area contributed by atoms with E-state index in [-0.39, 0.29) is 35.4 Å². The van der Waals surface area contributed by atoms with Crippen molar-refractivity contribution >= 4 is 23.4 Å². The van der Waals surface area contributed by atoms with Gasteiger partial charge < -0.3 is 15.0 Å². The molecule has 1 aliphatic heterocycles. The van der Waals surface area contributed by atoms with Gasteiger partial charge in [-0.1, -0.05) is 18.2 Å². The molecule has 2 atom stereocenters. The monoisotopic (exact) mass is 512 g/mol. The lowest BCUT2D eigenvalue weighted by Crippen LogP contribution is -2.51. The number of carbonyl (C=O) groups excluding carboxylic acids is 2. The van der Waals surface area contributed by atoms with E-state index in [1.165, 1.54) is 36.1 Å². The number of hydrogen-bond acceptors (Lipinski definition) is 5. The summed E-state index contributed by atoms with van der Waals surface area (Å²) < 4.78 is 45.7. The highest BCUT2D eigenvalue weighted by Gasteiger charge is 2.47. The second-order valence-corrected chi connectivity index (χ2v) is 8.84. The third kappa shape index (κ3) is 5.66. The number of nitrogens with one attached hydrogen (secondary N) is 2. The second-order valence-electron chi connectivity index (χ2n) is 8.84. The highest BCUT2D eigenvalue weighted by molar-refractivity contribution is 6.15. The Balaban J connectivity index is 2.31. The number of alkyl halides is 3. The summed E-state index contributed by atoms with van der Waals surface area (Å²) in [5.74, 6) is -3.85. The lowest BCUT2D eigenvalue weighted by Gasteiger charge is -2.41. The van der Waals surface area contributed by atoms with Gasteiger partial charge in [-0.3, -0.25) is 10.2 Å². The van der Waals surface area contributed by atoms with Gasteiger partial charge >= 0.3 is 12.1 Å². The third-order valence-corrected chi connectivity index (χ3v) is 5.94. The molecule has 0 aliphatic carbocycles. The molecule has 1 amide bonds. The van der Waals surface area contributed by atoms with Crippen LogP contribution in [0.5, 0.6) is 0 Å². The van der Waals surface area contributed by atoms with Gasteiger partial charge in [0.05, 0.1) is 29.4 Å². The Morgan fingerprint density at radius 3 is 2.38 bits per heavy atom. The number of amidine groups is 1. The number of halogens is 3. The Morgan fingerprint density at radius 2 is 1.84 bits per heavy atom. The van der Waals surface area contributed by atoms with Crippen molar-refractivity contribution in [2.75, 3.05) is 11.5 Å². The number of hydrogen-bond donors (Lipinski definition) is 2. The van der Waals surface area contributed by atoms with Gasteiger partial charge in [0.15, 0.2) is 0 Å². The van der Waals surface area contributed by atoms with Crippen LogP contribution in [0.25, 0.3) is 0 Å². The number of benzene rings is 2. The maximum Gasteiger partial charge on any atom is 0.416 e. The van der Waals surface area contributed by atoms with Crippen LogP contribution in [0.4, 0.5) is 18.9 Å². The molecule has 0 spiro atoms. The molecule has 2 aromatic carbocycles. The summed E-state index contributed by atoms with van der Waals surface area (Å²) in [6.07, 6.45) is -4.63. The summed E-state index contributed by atoms with van der Waals surface area (Å²) in [6, 6.07) is 12.3.